The van der Waals surface area contributed by atoms with Gasteiger partial charge in [-0.15, -0.1) is 5.10 Å². The Labute approximate surface area is 113 Å². The summed E-state index contributed by atoms with van der Waals surface area (Å²) in [4.78, 5) is 4.09. The van der Waals surface area contributed by atoms with Crippen LogP contribution < -0.4 is 5.32 Å². The maximum Gasteiger partial charge on any atom is 0.0738 e. The minimum atomic E-state index is 0.420. The summed E-state index contributed by atoms with van der Waals surface area (Å²) in [7, 11) is 0. The number of hydrogen-bond acceptors (Lipinski definition) is 4. The first-order chi connectivity index (χ1) is 9.38. The maximum absolute atomic E-state index is 4.09. The summed E-state index contributed by atoms with van der Waals surface area (Å²) >= 11 is 0. The number of hydrogen-bond donors (Lipinski definition) is 1. The molecule has 1 atom stereocenters. The number of aryl methyl sites for hydroxylation is 1. The second-order valence-corrected chi connectivity index (χ2v) is 5.02. The highest BCUT2D eigenvalue weighted by Gasteiger charge is 2.32. The van der Waals surface area contributed by atoms with Crippen LogP contribution in [0.2, 0.25) is 0 Å². The van der Waals surface area contributed by atoms with Gasteiger partial charge in [0.05, 0.1) is 11.9 Å². The second kappa shape index (κ2) is 5.48. The molecule has 0 aliphatic heterocycles. The summed E-state index contributed by atoms with van der Waals surface area (Å²) < 4.78 is 1.93. The molecular formula is C14H19N5. The van der Waals surface area contributed by atoms with Crippen LogP contribution in [0.4, 0.5) is 0 Å². The average Bonchev–Trinajstić information content (AvgIpc) is 3.18. The van der Waals surface area contributed by atoms with E-state index in [1.165, 1.54) is 18.4 Å². The lowest BCUT2D eigenvalue weighted by Gasteiger charge is -2.18. The number of rotatable bonds is 6. The molecule has 19 heavy (non-hydrogen) atoms. The predicted octanol–water partition coefficient (Wildman–Crippen LogP) is 1.93. The van der Waals surface area contributed by atoms with E-state index in [1.54, 1.807) is 0 Å². The molecule has 1 fully saturated rings. The summed E-state index contributed by atoms with van der Waals surface area (Å²) in [6.07, 6.45) is 8.19. The first-order valence-corrected chi connectivity index (χ1v) is 6.89. The molecule has 2 heterocycles. The Morgan fingerprint density at radius 2 is 2.16 bits per heavy atom. The molecule has 1 unspecified atom stereocenters. The molecule has 2 aromatic heterocycles. The Morgan fingerprint density at radius 3 is 2.84 bits per heavy atom. The van der Waals surface area contributed by atoms with Crippen LogP contribution in [0.15, 0.2) is 30.7 Å². The van der Waals surface area contributed by atoms with Crippen LogP contribution in [-0.2, 0) is 13.1 Å². The molecule has 2 aromatic rings. The van der Waals surface area contributed by atoms with E-state index in [-0.39, 0.29) is 0 Å². The molecule has 1 N–H and O–H groups in total. The number of nitrogens with zero attached hydrogens (tertiary/aromatic N) is 4. The van der Waals surface area contributed by atoms with Gasteiger partial charge in [-0.05, 0) is 43.4 Å². The van der Waals surface area contributed by atoms with E-state index >= 15 is 0 Å². The van der Waals surface area contributed by atoms with Gasteiger partial charge in [0, 0.05) is 31.5 Å². The van der Waals surface area contributed by atoms with Gasteiger partial charge >= 0.3 is 0 Å². The molecule has 3 rings (SSSR count). The van der Waals surface area contributed by atoms with Crippen molar-refractivity contribution in [3.63, 3.8) is 0 Å². The maximum atomic E-state index is 4.09. The van der Waals surface area contributed by atoms with E-state index in [0.29, 0.717) is 6.04 Å². The summed E-state index contributed by atoms with van der Waals surface area (Å²) in [6.45, 7) is 3.75. The van der Waals surface area contributed by atoms with Crippen LogP contribution in [-0.4, -0.2) is 20.0 Å². The molecule has 1 saturated carbocycles. The molecule has 100 valence electrons. The van der Waals surface area contributed by atoms with Gasteiger partial charge in [-0.3, -0.25) is 4.98 Å². The fourth-order valence-electron chi connectivity index (χ4n) is 2.45. The van der Waals surface area contributed by atoms with Crippen molar-refractivity contribution < 1.29 is 0 Å². The lowest BCUT2D eigenvalue weighted by atomic mass is 10.0. The third-order valence-electron chi connectivity index (χ3n) is 3.66. The van der Waals surface area contributed by atoms with Gasteiger partial charge < -0.3 is 5.32 Å². The van der Waals surface area contributed by atoms with Crippen molar-refractivity contribution in [2.75, 3.05) is 0 Å². The normalized spacial score (nSPS) is 16.5. The highest BCUT2D eigenvalue weighted by atomic mass is 15.4. The first kappa shape index (κ1) is 12.3. The minimum Gasteiger partial charge on any atom is -0.304 e. The summed E-state index contributed by atoms with van der Waals surface area (Å²) in [5, 5.41) is 11.7. The van der Waals surface area contributed by atoms with Gasteiger partial charge in [0.2, 0.25) is 0 Å². The van der Waals surface area contributed by atoms with Crippen molar-refractivity contribution in [1.29, 1.82) is 0 Å². The Balaban J connectivity index is 1.69. The fraction of sp³-hybridized carbons (Fsp3) is 0.500. The van der Waals surface area contributed by atoms with Crippen molar-refractivity contribution in [2.45, 2.75) is 38.9 Å². The lowest BCUT2D eigenvalue weighted by molar-refractivity contribution is 0.462. The van der Waals surface area contributed by atoms with Crippen LogP contribution in [0, 0.1) is 5.92 Å². The Bertz CT molecular complexity index is 518. The van der Waals surface area contributed by atoms with E-state index in [2.05, 4.69) is 39.7 Å². The quantitative estimate of drug-likeness (QED) is 0.859. The number of nitrogens with one attached hydrogen (secondary N) is 1. The standard InChI is InChI=1S/C14H19N5/c1-2-19-13(10-17-18-19)9-16-14(11-3-4-11)12-5-7-15-8-6-12/h5-8,10-11,14,16H,2-4,9H2,1H3. The highest BCUT2D eigenvalue weighted by molar-refractivity contribution is 5.18. The summed E-state index contributed by atoms with van der Waals surface area (Å²) in [5.41, 5.74) is 2.47. The second-order valence-electron chi connectivity index (χ2n) is 5.02. The molecule has 0 bridgehead atoms. The lowest BCUT2D eigenvalue weighted by Crippen LogP contribution is -2.24. The zero-order valence-electron chi connectivity index (χ0n) is 11.2. The molecule has 0 spiro atoms. The topological polar surface area (TPSA) is 55.6 Å². The van der Waals surface area contributed by atoms with Crippen LogP contribution in [0.3, 0.4) is 0 Å². The van der Waals surface area contributed by atoms with Crippen LogP contribution in [0.1, 0.15) is 37.1 Å². The van der Waals surface area contributed by atoms with Gasteiger partial charge in [0.25, 0.3) is 0 Å². The monoisotopic (exact) mass is 257 g/mol. The fourth-order valence-corrected chi connectivity index (χ4v) is 2.45. The van der Waals surface area contributed by atoms with E-state index in [9.17, 15) is 0 Å². The molecule has 5 heteroatoms. The summed E-state index contributed by atoms with van der Waals surface area (Å²) in [6, 6.07) is 4.62. The average molecular weight is 257 g/mol. The predicted molar refractivity (Wildman–Crippen MR) is 72.2 cm³/mol. The smallest absolute Gasteiger partial charge is 0.0738 e. The molecule has 1 aliphatic carbocycles. The minimum absolute atomic E-state index is 0.420. The Kier molecular flexibility index (Phi) is 3.55. The molecule has 5 nitrogen and oxygen atoms in total. The van der Waals surface area contributed by atoms with Crippen LogP contribution in [0.25, 0.3) is 0 Å². The molecule has 0 amide bonds. The molecule has 0 radical (unpaired) electrons. The highest BCUT2D eigenvalue weighted by Crippen LogP contribution is 2.40. The van der Waals surface area contributed by atoms with Gasteiger partial charge in [0.15, 0.2) is 0 Å². The zero-order valence-corrected chi connectivity index (χ0v) is 11.2. The third-order valence-corrected chi connectivity index (χ3v) is 3.66. The molecule has 0 aromatic carbocycles. The Hall–Kier alpha value is -1.75. The SMILES string of the molecule is CCn1nncc1CNC(c1ccncc1)C1CC1. The number of aromatic nitrogens is 4. The van der Waals surface area contributed by atoms with Crippen molar-refractivity contribution in [3.8, 4) is 0 Å². The summed E-state index contributed by atoms with van der Waals surface area (Å²) in [5.74, 6) is 0.758. The van der Waals surface area contributed by atoms with Crippen molar-refractivity contribution in [3.05, 3.63) is 42.0 Å². The van der Waals surface area contributed by atoms with E-state index < -0.39 is 0 Å². The van der Waals surface area contributed by atoms with Crippen LogP contribution in [0.5, 0.6) is 0 Å². The molecule has 1 aliphatic rings. The Morgan fingerprint density at radius 1 is 1.37 bits per heavy atom. The van der Waals surface area contributed by atoms with Crippen molar-refractivity contribution in [1.82, 2.24) is 25.3 Å². The molecular weight excluding hydrogens is 238 g/mol. The third kappa shape index (κ3) is 2.81. The van der Waals surface area contributed by atoms with Gasteiger partial charge in [0.1, 0.15) is 0 Å². The molecule has 0 saturated heterocycles. The van der Waals surface area contributed by atoms with Gasteiger partial charge in [-0.25, -0.2) is 4.68 Å². The first-order valence-electron chi connectivity index (χ1n) is 6.89. The largest absolute Gasteiger partial charge is 0.304 e. The zero-order chi connectivity index (χ0) is 13.1. The van der Waals surface area contributed by atoms with Crippen molar-refractivity contribution in [2.24, 2.45) is 5.92 Å². The van der Waals surface area contributed by atoms with Crippen molar-refractivity contribution >= 4 is 0 Å². The van der Waals surface area contributed by atoms with Gasteiger partial charge in [-0.1, -0.05) is 5.21 Å². The van der Waals surface area contributed by atoms with E-state index in [1.807, 2.05) is 23.3 Å². The van der Waals surface area contributed by atoms with Gasteiger partial charge in [-0.2, -0.15) is 0 Å². The van der Waals surface area contributed by atoms with Crippen LogP contribution >= 0.6 is 0 Å². The number of pyridine rings is 1. The van der Waals surface area contributed by atoms with E-state index in [0.717, 1.165) is 24.7 Å². The van der Waals surface area contributed by atoms with E-state index in [4.69, 9.17) is 0 Å².